The SMILES string of the molecule is O=C1CCOCC1c1nc(-c2cccc(Br)c2)no1. The number of rotatable bonds is 2. The third-order valence-electron chi connectivity index (χ3n) is 2.99. The van der Waals surface area contributed by atoms with Gasteiger partial charge in [-0.1, -0.05) is 33.2 Å². The molecule has 1 saturated heterocycles. The Bertz CT molecular complexity index is 611. The summed E-state index contributed by atoms with van der Waals surface area (Å²) in [4.78, 5) is 16.1. The van der Waals surface area contributed by atoms with E-state index in [1.165, 1.54) is 0 Å². The highest BCUT2D eigenvalue weighted by Crippen LogP contribution is 2.25. The molecule has 0 spiro atoms. The standard InChI is InChI=1S/C13H11BrN2O3/c14-9-3-1-2-8(6-9)12-15-13(19-16-12)10-7-18-5-4-11(10)17/h1-3,6,10H,4-5,7H2. The predicted octanol–water partition coefficient (Wildman–Crippen LogP) is 2.57. The third-order valence-corrected chi connectivity index (χ3v) is 3.48. The second-order valence-corrected chi connectivity index (χ2v) is 5.23. The molecule has 19 heavy (non-hydrogen) atoms. The summed E-state index contributed by atoms with van der Waals surface area (Å²) in [5, 5.41) is 3.92. The minimum absolute atomic E-state index is 0.0932. The van der Waals surface area contributed by atoms with Gasteiger partial charge in [0.15, 0.2) is 0 Å². The lowest BCUT2D eigenvalue weighted by molar-refractivity contribution is -0.127. The molecule has 1 atom stereocenters. The van der Waals surface area contributed by atoms with Gasteiger partial charge in [-0.2, -0.15) is 4.98 Å². The van der Waals surface area contributed by atoms with Crippen molar-refractivity contribution in [2.24, 2.45) is 0 Å². The first kappa shape index (κ1) is 12.5. The van der Waals surface area contributed by atoms with Crippen molar-refractivity contribution >= 4 is 21.7 Å². The van der Waals surface area contributed by atoms with E-state index >= 15 is 0 Å². The molecule has 1 unspecified atom stereocenters. The van der Waals surface area contributed by atoms with E-state index in [-0.39, 0.29) is 5.78 Å². The van der Waals surface area contributed by atoms with Gasteiger partial charge in [-0.25, -0.2) is 0 Å². The fourth-order valence-electron chi connectivity index (χ4n) is 1.97. The molecule has 1 aromatic heterocycles. The lowest BCUT2D eigenvalue weighted by Gasteiger charge is -2.16. The van der Waals surface area contributed by atoms with Crippen LogP contribution < -0.4 is 0 Å². The van der Waals surface area contributed by atoms with Crippen LogP contribution in [0.1, 0.15) is 18.2 Å². The van der Waals surface area contributed by atoms with Gasteiger partial charge in [0.2, 0.25) is 11.7 Å². The molecule has 0 bridgehead atoms. The van der Waals surface area contributed by atoms with E-state index in [0.29, 0.717) is 31.3 Å². The fraction of sp³-hybridized carbons (Fsp3) is 0.308. The normalized spacial score (nSPS) is 19.6. The van der Waals surface area contributed by atoms with Crippen LogP contribution in [-0.4, -0.2) is 29.1 Å². The van der Waals surface area contributed by atoms with Gasteiger partial charge in [-0.05, 0) is 12.1 Å². The zero-order valence-corrected chi connectivity index (χ0v) is 11.6. The largest absolute Gasteiger partial charge is 0.380 e. The van der Waals surface area contributed by atoms with Crippen LogP contribution in [0.3, 0.4) is 0 Å². The number of ketones is 1. The van der Waals surface area contributed by atoms with Crippen molar-refractivity contribution in [2.45, 2.75) is 12.3 Å². The van der Waals surface area contributed by atoms with Crippen LogP contribution in [-0.2, 0) is 9.53 Å². The number of Topliss-reactive ketones (excluding diaryl/α,β-unsaturated/α-hetero) is 1. The zero-order valence-electron chi connectivity index (χ0n) is 10.0. The Morgan fingerprint density at radius 3 is 3.05 bits per heavy atom. The molecule has 2 heterocycles. The van der Waals surface area contributed by atoms with Gasteiger partial charge >= 0.3 is 0 Å². The minimum Gasteiger partial charge on any atom is -0.380 e. The lowest BCUT2D eigenvalue weighted by atomic mass is 10.0. The number of halogens is 1. The van der Waals surface area contributed by atoms with E-state index in [2.05, 4.69) is 26.1 Å². The summed E-state index contributed by atoms with van der Waals surface area (Å²) in [6, 6.07) is 7.60. The Morgan fingerprint density at radius 1 is 1.37 bits per heavy atom. The van der Waals surface area contributed by atoms with Crippen molar-refractivity contribution in [1.82, 2.24) is 10.1 Å². The van der Waals surface area contributed by atoms with Crippen LogP contribution in [0, 0.1) is 0 Å². The Hall–Kier alpha value is -1.53. The number of ether oxygens (including phenoxy) is 1. The molecular weight excluding hydrogens is 312 g/mol. The van der Waals surface area contributed by atoms with Crippen molar-refractivity contribution in [1.29, 1.82) is 0 Å². The molecule has 0 N–H and O–H groups in total. The average molecular weight is 323 g/mol. The van der Waals surface area contributed by atoms with Crippen molar-refractivity contribution in [3.63, 3.8) is 0 Å². The summed E-state index contributed by atoms with van der Waals surface area (Å²) in [6.07, 6.45) is 0.402. The minimum atomic E-state index is -0.429. The maximum atomic E-state index is 11.8. The second kappa shape index (κ2) is 5.22. The molecule has 3 rings (SSSR count). The average Bonchev–Trinajstić information content (AvgIpc) is 2.89. The van der Waals surface area contributed by atoms with E-state index in [9.17, 15) is 4.79 Å². The fourth-order valence-corrected chi connectivity index (χ4v) is 2.37. The van der Waals surface area contributed by atoms with Gasteiger partial charge in [-0.15, -0.1) is 0 Å². The van der Waals surface area contributed by atoms with E-state index in [4.69, 9.17) is 9.26 Å². The first-order chi connectivity index (χ1) is 9.24. The maximum absolute atomic E-state index is 11.8. The van der Waals surface area contributed by atoms with E-state index in [1.54, 1.807) is 0 Å². The Morgan fingerprint density at radius 2 is 2.26 bits per heavy atom. The molecule has 6 heteroatoms. The summed E-state index contributed by atoms with van der Waals surface area (Å²) in [6.45, 7) is 0.793. The topological polar surface area (TPSA) is 65.2 Å². The second-order valence-electron chi connectivity index (χ2n) is 4.31. The molecule has 0 radical (unpaired) electrons. The van der Waals surface area contributed by atoms with Gasteiger partial charge in [0.05, 0.1) is 13.2 Å². The maximum Gasteiger partial charge on any atom is 0.239 e. The van der Waals surface area contributed by atoms with Gasteiger partial charge < -0.3 is 9.26 Å². The van der Waals surface area contributed by atoms with E-state index in [1.807, 2.05) is 24.3 Å². The van der Waals surface area contributed by atoms with Crippen LogP contribution in [0.4, 0.5) is 0 Å². The molecule has 1 aliphatic rings. The van der Waals surface area contributed by atoms with Crippen LogP contribution in [0.15, 0.2) is 33.3 Å². The van der Waals surface area contributed by atoms with Crippen LogP contribution in [0.2, 0.25) is 0 Å². The van der Waals surface area contributed by atoms with Gasteiger partial charge in [0.25, 0.3) is 0 Å². The Labute approximate surface area is 118 Å². The molecule has 0 amide bonds. The number of carbonyl (C=O) groups excluding carboxylic acids is 1. The van der Waals surface area contributed by atoms with Crippen molar-refractivity contribution < 1.29 is 14.1 Å². The van der Waals surface area contributed by atoms with Crippen LogP contribution >= 0.6 is 15.9 Å². The molecule has 2 aromatic rings. The van der Waals surface area contributed by atoms with Crippen molar-refractivity contribution in [3.05, 3.63) is 34.6 Å². The van der Waals surface area contributed by atoms with Crippen LogP contribution in [0.5, 0.6) is 0 Å². The monoisotopic (exact) mass is 322 g/mol. The number of hydrogen-bond donors (Lipinski definition) is 0. The molecule has 98 valence electrons. The summed E-state index contributed by atoms with van der Waals surface area (Å²) < 4.78 is 11.4. The first-order valence-electron chi connectivity index (χ1n) is 5.94. The lowest BCUT2D eigenvalue weighted by Crippen LogP contribution is -2.25. The smallest absolute Gasteiger partial charge is 0.239 e. The van der Waals surface area contributed by atoms with Crippen molar-refractivity contribution in [2.75, 3.05) is 13.2 Å². The quantitative estimate of drug-likeness (QED) is 0.850. The van der Waals surface area contributed by atoms with Gasteiger partial charge in [0, 0.05) is 16.5 Å². The highest BCUT2D eigenvalue weighted by atomic mass is 79.9. The molecule has 1 fully saturated rings. The summed E-state index contributed by atoms with van der Waals surface area (Å²) in [5.74, 6) is 0.479. The number of benzene rings is 1. The number of aromatic nitrogens is 2. The molecule has 1 aliphatic heterocycles. The molecule has 0 aliphatic carbocycles. The first-order valence-corrected chi connectivity index (χ1v) is 6.73. The number of nitrogens with zero attached hydrogens (tertiary/aromatic N) is 2. The highest BCUT2D eigenvalue weighted by molar-refractivity contribution is 9.10. The third kappa shape index (κ3) is 2.59. The van der Waals surface area contributed by atoms with Gasteiger partial charge in [-0.3, -0.25) is 4.79 Å². The van der Waals surface area contributed by atoms with Gasteiger partial charge in [0.1, 0.15) is 11.7 Å². The van der Waals surface area contributed by atoms with E-state index < -0.39 is 5.92 Å². The summed E-state index contributed by atoms with van der Waals surface area (Å²) >= 11 is 3.39. The highest BCUT2D eigenvalue weighted by Gasteiger charge is 2.29. The number of carbonyl (C=O) groups is 1. The number of hydrogen-bond acceptors (Lipinski definition) is 5. The Kier molecular flexibility index (Phi) is 3.44. The van der Waals surface area contributed by atoms with E-state index in [0.717, 1.165) is 10.0 Å². The Balaban J connectivity index is 1.89. The summed E-state index contributed by atoms with van der Waals surface area (Å²) in [5.41, 5.74) is 0.841. The molecular formula is C13H11BrN2O3. The zero-order chi connectivity index (χ0) is 13.2. The van der Waals surface area contributed by atoms with Crippen LogP contribution in [0.25, 0.3) is 11.4 Å². The molecule has 1 aromatic carbocycles. The summed E-state index contributed by atoms with van der Waals surface area (Å²) in [7, 11) is 0. The van der Waals surface area contributed by atoms with Crippen molar-refractivity contribution in [3.8, 4) is 11.4 Å². The molecule has 5 nitrogen and oxygen atoms in total. The molecule has 0 saturated carbocycles. The predicted molar refractivity (Wildman–Crippen MR) is 70.6 cm³/mol.